The first-order chi connectivity index (χ1) is 6.33. The van der Waals surface area contributed by atoms with Crippen molar-refractivity contribution in [2.24, 2.45) is 0 Å². The number of pyridine rings is 1. The predicted octanol–water partition coefficient (Wildman–Crippen LogP) is 2.79. The van der Waals surface area contributed by atoms with Gasteiger partial charge in [0.25, 0.3) is 0 Å². The molecule has 0 unspecified atom stereocenters. The Morgan fingerprint density at radius 3 is 2.92 bits per heavy atom. The van der Waals surface area contributed by atoms with E-state index in [1.54, 1.807) is 12.1 Å². The molecule has 2 nitrogen and oxygen atoms in total. The van der Waals surface area contributed by atoms with Crippen LogP contribution in [-0.2, 0) is 0 Å². The Morgan fingerprint density at radius 1 is 1.38 bits per heavy atom. The molecule has 0 atom stereocenters. The number of ether oxygens (including phenoxy) is 1. The van der Waals surface area contributed by atoms with Gasteiger partial charge in [-0.3, -0.25) is 0 Å². The minimum absolute atomic E-state index is 0.371. The minimum atomic E-state index is -0.493. The molecule has 0 aromatic carbocycles. The molecule has 1 aromatic heterocycles. The first kappa shape index (κ1) is 9.96. The van der Waals surface area contributed by atoms with Gasteiger partial charge in [0.05, 0.1) is 6.61 Å². The van der Waals surface area contributed by atoms with E-state index < -0.39 is 5.95 Å². The summed E-state index contributed by atoms with van der Waals surface area (Å²) in [5, 5.41) is 0. The lowest BCUT2D eigenvalue weighted by Gasteiger charge is -2.03. The van der Waals surface area contributed by atoms with Crippen molar-refractivity contribution in [1.29, 1.82) is 0 Å². The van der Waals surface area contributed by atoms with E-state index in [1.165, 1.54) is 6.07 Å². The third-order valence-corrected chi connectivity index (χ3v) is 1.69. The van der Waals surface area contributed by atoms with Crippen LogP contribution in [0.4, 0.5) is 4.39 Å². The number of aromatic nitrogens is 1. The van der Waals surface area contributed by atoms with Gasteiger partial charge in [0.1, 0.15) is 0 Å². The highest BCUT2D eigenvalue weighted by Crippen LogP contribution is 2.07. The van der Waals surface area contributed by atoms with Crippen molar-refractivity contribution in [3.05, 3.63) is 24.1 Å². The van der Waals surface area contributed by atoms with Crippen molar-refractivity contribution in [2.45, 2.75) is 26.2 Å². The largest absolute Gasteiger partial charge is 0.478 e. The molecule has 0 saturated heterocycles. The van der Waals surface area contributed by atoms with Gasteiger partial charge in [-0.05, 0) is 12.5 Å². The van der Waals surface area contributed by atoms with E-state index in [-0.39, 0.29) is 0 Å². The summed E-state index contributed by atoms with van der Waals surface area (Å²) < 4.78 is 17.8. The summed E-state index contributed by atoms with van der Waals surface area (Å²) in [5.41, 5.74) is 0. The molecule has 72 valence electrons. The molecule has 0 amide bonds. The van der Waals surface area contributed by atoms with Crippen LogP contribution in [0, 0.1) is 5.95 Å². The summed E-state index contributed by atoms with van der Waals surface area (Å²) in [4.78, 5) is 3.58. The van der Waals surface area contributed by atoms with Crippen LogP contribution in [0.25, 0.3) is 0 Å². The highest BCUT2D eigenvalue weighted by Gasteiger charge is 1.96. The Kier molecular flexibility index (Phi) is 4.23. The first-order valence-electron chi connectivity index (χ1n) is 4.58. The first-order valence-corrected chi connectivity index (χ1v) is 4.58. The van der Waals surface area contributed by atoms with Gasteiger partial charge >= 0.3 is 0 Å². The number of rotatable bonds is 5. The van der Waals surface area contributed by atoms with Crippen molar-refractivity contribution in [3.8, 4) is 5.88 Å². The smallest absolute Gasteiger partial charge is 0.216 e. The zero-order valence-corrected chi connectivity index (χ0v) is 7.79. The zero-order valence-electron chi connectivity index (χ0n) is 7.79. The molecule has 1 aromatic rings. The number of halogens is 1. The van der Waals surface area contributed by atoms with Crippen LogP contribution in [0.3, 0.4) is 0 Å². The second-order valence-electron chi connectivity index (χ2n) is 2.85. The Balaban J connectivity index is 2.28. The summed E-state index contributed by atoms with van der Waals surface area (Å²) in [6, 6.07) is 4.56. The molecule has 0 aliphatic rings. The molecule has 1 heterocycles. The molecule has 0 saturated carbocycles. The number of nitrogens with zero attached hydrogens (tertiary/aromatic N) is 1. The molecule has 1 rings (SSSR count). The van der Waals surface area contributed by atoms with E-state index in [2.05, 4.69) is 11.9 Å². The molecule has 13 heavy (non-hydrogen) atoms. The van der Waals surface area contributed by atoms with Crippen LogP contribution >= 0.6 is 0 Å². The van der Waals surface area contributed by atoms with Crippen LogP contribution in [0.15, 0.2) is 18.2 Å². The van der Waals surface area contributed by atoms with E-state index in [9.17, 15) is 4.39 Å². The number of unbranched alkanes of at least 4 members (excludes halogenated alkanes) is 2. The Hall–Kier alpha value is -1.12. The standard InChI is InChI=1S/C10H14FNO/c1-2-3-4-8-13-10-7-5-6-9(11)12-10/h5-7H,2-4,8H2,1H3. The van der Waals surface area contributed by atoms with Gasteiger partial charge in [-0.1, -0.05) is 25.8 Å². The molecule has 0 N–H and O–H groups in total. The lowest BCUT2D eigenvalue weighted by atomic mass is 10.3. The second kappa shape index (κ2) is 5.51. The average Bonchev–Trinajstić information content (AvgIpc) is 2.13. The number of hydrogen-bond donors (Lipinski definition) is 0. The predicted molar refractivity (Wildman–Crippen MR) is 49.2 cm³/mol. The van der Waals surface area contributed by atoms with E-state index >= 15 is 0 Å². The third kappa shape index (κ3) is 3.87. The van der Waals surface area contributed by atoms with E-state index in [0.29, 0.717) is 12.5 Å². The summed E-state index contributed by atoms with van der Waals surface area (Å²) >= 11 is 0. The Bertz CT molecular complexity index is 252. The summed E-state index contributed by atoms with van der Waals surface area (Å²) in [6.07, 6.45) is 3.28. The van der Waals surface area contributed by atoms with Crippen molar-refractivity contribution in [3.63, 3.8) is 0 Å². The maximum absolute atomic E-state index is 12.6. The van der Waals surface area contributed by atoms with Gasteiger partial charge in [0.15, 0.2) is 0 Å². The van der Waals surface area contributed by atoms with Crippen LogP contribution in [0.5, 0.6) is 5.88 Å². The highest BCUT2D eigenvalue weighted by atomic mass is 19.1. The van der Waals surface area contributed by atoms with Gasteiger partial charge < -0.3 is 4.74 Å². The van der Waals surface area contributed by atoms with Gasteiger partial charge in [0, 0.05) is 6.07 Å². The molecule has 0 spiro atoms. The SMILES string of the molecule is CCCCCOc1cccc(F)n1. The van der Waals surface area contributed by atoms with Crippen LogP contribution < -0.4 is 4.74 Å². The zero-order chi connectivity index (χ0) is 9.52. The fourth-order valence-electron chi connectivity index (χ4n) is 0.999. The molecule has 0 radical (unpaired) electrons. The number of hydrogen-bond acceptors (Lipinski definition) is 2. The molecule has 0 bridgehead atoms. The normalized spacial score (nSPS) is 10.0. The van der Waals surface area contributed by atoms with Crippen LogP contribution in [-0.4, -0.2) is 11.6 Å². The quantitative estimate of drug-likeness (QED) is 0.517. The van der Waals surface area contributed by atoms with Crippen molar-refractivity contribution >= 4 is 0 Å². The molecule has 0 aliphatic heterocycles. The topological polar surface area (TPSA) is 22.1 Å². The van der Waals surface area contributed by atoms with Crippen molar-refractivity contribution in [2.75, 3.05) is 6.61 Å². The molecule has 0 fully saturated rings. The van der Waals surface area contributed by atoms with E-state index in [0.717, 1.165) is 19.3 Å². The van der Waals surface area contributed by atoms with Gasteiger partial charge in [-0.15, -0.1) is 0 Å². The van der Waals surface area contributed by atoms with Gasteiger partial charge in [-0.2, -0.15) is 9.37 Å². The third-order valence-electron chi connectivity index (χ3n) is 1.69. The molecular formula is C10H14FNO. The second-order valence-corrected chi connectivity index (χ2v) is 2.85. The lowest BCUT2D eigenvalue weighted by molar-refractivity contribution is 0.290. The van der Waals surface area contributed by atoms with Gasteiger partial charge in [0.2, 0.25) is 11.8 Å². The fraction of sp³-hybridized carbons (Fsp3) is 0.500. The summed E-state index contributed by atoms with van der Waals surface area (Å²) in [6.45, 7) is 2.74. The maximum atomic E-state index is 12.6. The Labute approximate surface area is 77.8 Å². The van der Waals surface area contributed by atoms with Crippen molar-refractivity contribution in [1.82, 2.24) is 4.98 Å². The molecule has 0 aliphatic carbocycles. The monoisotopic (exact) mass is 183 g/mol. The van der Waals surface area contributed by atoms with Crippen LogP contribution in [0.2, 0.25) is 0 Å². The van der Waals surface area contributed by atoms with Crippen LogP contribution in [0.1, 0.15) is 26.2 Å². The van der Waals surface area contributed by atoms with Gasteiger partial charge in [-0.25, -0.2) is 0 Å². The van der Waals surface area contributed by atoms with Crippen molar-refractivity contribution < 1.29 is 9.13 Å². The molecular weight excluding hydrogens is 169 g/mol. The van der Waals surface area contributed by atoms with E-state index in [1.807, 2.05) is 0 Å². The lowest BCUT2D eigenvalue weighted by Crippen LogP contribution is -1.99. The maximum Gasteiger partial charge on any atom is 0.216 e. The summed E-state index contributed by atoms with van der Waals surface area (Å²) in [7, 11) is 0. The summed E-state index contributed by atoms with van der Waals surface area (Å²) in [5.74, 6) is -0.121. The molecule has 3 heteroatoms. The Morgan fingerprint density at radius 2 is 2.23 bits per heavy atom. The fourth-order valence-corrected chi connectivity index (χ4v) is 0.999. The van der Waals surface area contributed by atoms with E-state index in [4.69, 9.17) is 4.74 Å². The highest BCUT2D eigenvalue weighted by molar-refractivity contribution is 5.10. The average molecular weight is 183 g/mol. The minimum Gasteiger partial charge on any atom is -0.478 e.